The summed E-state index contributed by atoms with van der Waals surface area (Å²) in [5.74, 6) is 2.61. The van der Waals surface area contributed by atoms with Gasteiger partial charge in [0.2, 0.25) is 0 Å². The van der Waals surface area contributed by atoms with Gasteiger partial charge in [0.15, 0.2) is 0 Å². The standard InChI is InChI=1S/C11H10BrNO2/c1-4-11(2,3)8-6-5-7-9(10(8)12)13(14)15/h1,5-7H,2-3H3. The van der Waals surface area contributed by atoms with Gasteiger partial charge in [0, 0.05) is 6.07 Å². The molecule has 0 atom stereocenters. The Morgan fingerprint density at radius 2 is 2.13 bits per heavy atom. The van der Waals surface area contributed by atoms with Crippen molar-refractivity contribution < 1.29 is 4.92 Å². The lowest BCUT2D eigenvalue weighted by atomic mass is 9.85. The minimum Gasteiger partial charge on any atom is -0.258 e. The zero-order chi connectivity index (χ0) is 11.6. The van der Waals surface area contributed by atoms with Crippen molar-refractivity contribution in [2.24, 2.45) is 0 Å². The van der Waals surface area contributed by atoms with Crippen LogP contribution in [-0.2, 0) is 5.41 Å². The quantitative estimate of drug-likeness (QED) is 0.469. The molecule has 0 aliphatic rings. The molecule has 0 fully saturated rings. The second kappa shape index (κ2) is 4.03. The van der Waals surface area contributed by atoms with Crippen molar-refractivity contribution in [2.45, 2.75) is 19.3 Å². The minimum absolute atomic E-state index is 0.0378. The second-order valence-electron chi connectivity index (χ2n) is 3.67. The molecule has 0 aliphatic carbocycles. The molecule has 0 amide bonds. The van der Waals surface area contributed by atoms with Gasteiger partial charge in [-0.25, -0.2) is 0 Å². The van der Waals surface area contributed by atoms with Crippen LogP contribution in [-0.4, -0.2) is 4.92 Å². The molecule has 0 aliphatic heterocycles. The molecule has 0 saturated carbocycles. The van der Waals surface area contributed by atoms with Crippen molar-refractivity contribution in [1.82, 2.24) is 0 Å². The van der Waals surface area contributed by atoms with E-state index in [1.165, 1.54) is 6.07 Å². The Morgan fingerprint density at radius 3 is 2.60 bits per heavy atom. The number of halogens is 1. The maximum Gasteiger partial charge on any atom is 0.283 e. The highest BCUT2D eigenvalue weighted by molar-refractivity contribution is 9.10. The molecule has 1 rings (SSSR count). The van der Waals surface area contributed by atoms with E-state index in [2.05, 4.69) is 21.9 Å². The summed E-state index contributed by atoms with van der Waals surface area (Å²) >= 11 is 3.22. The van der Waals surface area contributed by atoms with E-state index in [9.17, 15) is 10.1 Å². The van der Waals surface area contributed by atoms with Gasteiger partial charge >= 0.3 is 0 Å². The van der Waals surface area contributed by atoms with Gasteiger partial charge < -0.3 is 0 Å². The molecule has 1 aromatic carbocycles. The second-order valence-corrected chi connectivity index (χ2v) is 4.46. The summed E-state index contributed by atoms with van der Waals surface area (Å²) in [6.45, 7) is 3.69. The number of nitro groups is 1. The Morgan fingerprint density at radius 1 is 1.53 bits per heavy atom. The Balaban J connectivity index is 3.42. The number of terminal acetylenes is 1. The van der Waals surface area contributed by atoms with Gasteiger partial charge in [-0.2, -0.15) is 0 Å². The van der Waals surface area contributed by atoms with Crippen molar-refractivity contribution in [3.8, 4) is 12.3 Å². The molecule has 0 N–H and O–H groups in total. The molecule has 0 radical (unpaired) electrons. The summed E-state index contributed by atoms with van der Waals surface area (Å²) in [7, 11) is 0. The maximum atomic E-state index is 10.7. The van der Waals surface area contributed by atoms with Crippen molar-refractivity contribution >= 4 is 21.6 Å². The number of rotatable bonds is 2. The van der Waals surface area contributed by atoms with Gasteiger partial charge in [0.1, 0.15) is 0 Å². The minimum atomic E-state index is -0.523. The van der Waals surface area contributed by atoms with Gasteiger partial charge in [-0.15, -0.1) is 6.42 Å². The fraction of sp³-hybridized carbons (Fsp3) is 0.273. The molecule has 0 bridgehead atoms. The van der Waals surface area contributed by atoms with Gasteiger partial charge in [-0.1, -0.05) is 18.1 Å². The van der Waals surface area contributed by atoms with E-state index < -0.39 is 10.3 Å². The first-order chi connectivity index (χ1) is 6.90. The third-order valence-electron chi connectivity index (χ3n) is 2.21. The topological polar surface area (TPSA) is 43.1 Å². The van der Waals surface area contributed by atoms with E-state index in [1.807, 2.05) is 13.8 Å². The number of hydrogen-bond acceptors (Lipinski definition) is 2. The van der Waals surface area contributed by atoms with Crippen molar-refractivity contribution in [3.63, 3.8) is 0 Å². The molecule has 0 heterocycles. The van der Waals surface area contributed by atoms with Crippen LogP contribution < -0.4 is 0 Å². The molecule has 1 aromatic rings. The largest absolute Gasteiger partial charge is 0.283 e. The summed E-state index contributed by atoms with van der Waals surface area (Å²) in [4.78, 5) is 10.3. The molecule has 0 saturated heterocycles. The Hall–Kier alpha value is -1.34. The highest BCUT2D eigenvalue weighted by atomic mass is 79.9. The fourth-order valence-corrected chi connectivity index (χ4v) is 2.13. The van der Waals surface area contributed by atoms with E-state index in [1.54, 1.807) is 12.1 Å². The summed E-state index contributed by atoms with van der Waals surface area (Å²) in [6, 6.07) is 4.87. The summed E-state index contributed by atoms with van der Waals surface area (Å²) < 4.78 is 0.456. The molecule has 0 spiro atoms. The van der Waals surface area contributed by atoms with E-state index >= 15 is 0 Å². The zero-order valence-corrected chi connectivity index (χ0v) is 10.0. The van der Waals surface area contributed by atoms with E-state index in [0.717, 1.165) is 5.56 Å². The molecule has 0 unspecified atom stereocenters. The van der Waals surface area contributed by atoms with Crippen LogP contribution in [0.5, 0.6) is 0 Å². The van der Waals surface area contributed by atoms with E-state index in [4.69, 9.17) is 6.42 Å². The predicted octanol–water partition coefficient (Wildman–Crippen LogP) is 3.27. The number of nitro benzene ring substituents is 1. The highest BCUT2D eigenvalue weighted by Crippen LogP contribution is 2.35. The average Bonchev–Trinajstić information content (AvgIpc) is 2.17. The summed E-state index contributed by atoms with van der Waals surface area (Å²) in [5.41, 5.74) is 0.264. The molecule has 0 aromatic heterocycles. The van der Waals surface area contributed by atoms with Crippen molar-refractivity contribution in [2.75, 3.05) is 0 Å². The molecule has 78 valence electrons. The van der Waals surface area contributed by atoms with Crippen molar-refractivity contribution in [1.29, 1.82) is 0 Å². The zero-order valence-electron chi connectivity index (χ0n) is 8.45. The van der Waals surface area contributed by atoms with Gasteiger partial charge in [-0.3, -0.25) is 10.1 Å². The third kappa shape index (κ3) is 2.18. The Kier molecular flexibility index (Phi) is 3.15. The molecule has 3 nitrogen and oxygen atoms in total. The molecular weight excluding hydrogens is 258 g/mol. The van der Waals surface area contributed by atoms with Crippen molar-refractivity contribution in [3.05, 3.63) is 38.3 Å². The van der Waals surface area contributed by atoms with Crippen LogP contribution in [0.1, 0.15) is 19.4 Å². The number of benzene rings is 1. The van der Waals surface area contributed by atoms with Crippen LogP contribution in [0.2, 0.25) is 0 Å². The number of nitrogens with zero attached hydrogens (tertiary/aromatic N) is 1. The molecule has 15 heavy (non-hydrogen) atoms. The molecular formula is C11H10BrNO2. The highest BCUT2D eigenvalue weighted by Gasteiger charge is 2.25. The first-order valence-electron chi connectivity index (χ1n) is 4.31. The first-order valence-corrected chi connectivity index (χ1v) is 5.10. The smallest absolute Gasteiger partial charge is 0.258 e. The normalized spacial score (nSPS) is 10.8. The SMILES string of the molecule is C#CC(C)(C)c1cccc([N+](=O)[O-])c1Br. The molecule has 4 heteroatoms. The van der Waals surface area contributed by atoms with Crippen LogP contribution >= 0.6 is 15.9 Å². The third-order valence-corrected chi connectivity index (χ3v) is 3.04. The lowest BCUT2D eigenvalue weighted by Crippen LogP contribution is -2.15. The first kappa shape index (κ1) is 11.7. The van der Waals surface area contributed by atoms with Crippen LogP contribution in [0, 0.1) is 22.5 Å². The summed E-state index contributed by atoms with van der Waals surface area (Å²) in [6.07, 6.45) is 5.39. The lowest BCUT2D eigenvalue weighted by molar-refractivity contribution is -0.385. The fourth-order valence-electron chi connectivity index (χ4n) is 1.22. The van der Waals surface area contributed by atoms with Crippen LogP contribution in [0.15, 0.2) is 22.7 Å². The average molecular weight is 268 g/mol. The number of hydrogen-bond donors (Lipinski definition) is 0. The van der Waals surface area contributed by atoms with Gasteiger partial charge in [-0.05, 0) is 35.3 Å². The lowest BCUT2D eigenvalue weighted by Gasteiger charge is -2.19. The van der Waals surface area contributed by atoms with E-state index in [0.29, 0.717) is 4.47 Å². The van der Waals surface area contributed by atoms with Crippen LogP contribution in [0.4, 0.5) is 5.69 Å². The Labute approximate surface area is 96.8 Å². The van der Waals surface area contributed by atoms with Crippen LogP contribution in [0.3, 0.4) is 0 Å². The van der Waals surface area contributed by atoms with E-state index in [-0.39, 0.29) is 5.69 Å². The van der Waals surface area contributed by atoms with Crippen LogP contribution in [0.25, 0.3) is 0 Å². The maximum absolute atomic E-state index is 10.7. The van der Waals surface area contributed by atoms with Gasteiger partial charge in [0.25, 0.3) is 5.69 Å². The monoisotopic (exact) mass is 267 g/mol. The summed E-state index contributed by atoms with van der Waals surface area (Å²) in [5, 5.41) is 10.7. The Bertz CT molecular complexity index is 446. The predicted molar refractivity (Wildman–Crippen MR) is 62.7 cm³/mol. The van der Waals surface area contributed by atoms with Gasteiger partial charge in [0.05, 0.1) is 14.8 Å².